The van der Waals surface area contributed by atoms with Gasteiger partial charge in [-0.1, -0.05) is 0 Å². The third-order valence-electron chi connectivity index (χ3n) is 2.19. The van der Waals surface area contributed by atoms with E-state index in [9.17, 15) is 4.79 Å². The first-order chi connectivity index (χ1) is 7.11. The van der Waals surface area contributed by atoms with Crippen LogP contribution >= 0.6 is 0 Å². The van der Waals surface area contributed by atoms with Crippen LogP contribution in [0.25, 0.3) is 5.82 Å². The largest absolute Gasteiger partial charge is 0.298 e. The Bertz CT molecular complexity index is 509. The van der Waals surface area contributed by atoms with Crippen molar-refractivity contribution in [1.29, 1.82) is 0 Å². The topological polar surface area (TPSA) is 52.7 Å². The van der Waals surface area contributed by atoms with Gasteiger partial charge in [-0.05, 0) is 13.8 Å². The monoisotopic (exact) mass is 204 g/mol. The van der Waals surface area contributed by atoms with Crippen LogP contribution in [0, 0.1) is 13.8 Å². The highest BCUT2D eigenvalue weighted by molar-refractivity contribution is 5.79. The summed E-state index contributed by atoms with van der Waals surface area (Å²) in [5, 5.41) is 4.23. The molecule has 0 spiro atoms. The summed E-state index contributed by atoms with van der Waals surface area (Å²) in [5.41, 5.74) is 1.48. The number of aromatic nitrogens is 4. The van der Waals surface area contributed by atoms with Crippen molar-refractivity contribution in [2.24, 2.45) is 7.05 Å². The average molecular weight is 204 g/mol. The van der Waals surface area contributed by atoms with Crippen molar-refractivity contribution in [3.05, 3.63) is 29.5 Å². The van der Waals surface area contributed by atoms with Gasteiger partial charge in [0.1, 0.15) is 5.82 Å². The number of nitrogens with zero attached hydrogens (tertiary/aromatic N) is 4. The second-order valence-electron chi connectivity index (χ2n) is 3.50. The minimum Gasteiger partial charge on any atom is -0.298 e. The molecule has 0 aliphatic rings. The Kier molecular flexibility index (Phi) is 2.15. The lowest BCUT2D eigenvalue weighted by Crippen LogP contribution is -2.00. The fourth-order valence-corrected chi connectivity index (χ4v) is 1.60. The number of carbonyl (C=O) groups is 1. The molecular formula is C10H12N4O. The van der Waals surface area contributed by atoms with Gasteiger partial charge < -0.3 is 0 Å². The molecule has 0 aromatic carbocycles. The third-order valence-corrected chi connectivity index (χ3v) is 2.19. The Morgan fingerprint density at radius 3 is 2.60 bits per heavy atom. The fourth-order valence-electron chi connectivity index (χ4n) is 1.60. The molecule has 2 rings (SSSR count). The second-order valence-corrected chi connectivity index (χ2v) is 3.50. The van der Waals surface area contributed by atoms with Crippen LogP contribution < -0.4 is 0 Å². The summed E-state index contributed by atoms with van der Waals surface area (Å²) in [6.45, 7) is 3.79. The van der Waals surface area contributed by atoms with Crippen LogP contribution in [0.1, 0.15) is 21.9 Å². The summed E-state index contributed by atoms with van der Waals surface area (Å²) in [5.74, 6) is 1.46. The molecule has 2 heterocycles. The Hall–Kier alpha value is -1.91. The lowest BCUT2D eigenvalue weighted by Gasteiger charge is -1.99. The maximum Gasteiger partial charge on any atom is 0.170 e. The van der Waals surface area contributed by atoms with E-state index >= 15 is 0 Å². The van der Waals surface area contributed by atoms with Crippen LogP contribution in [-0.2, 0) is 7.05 Å². The molecule has 0 atom stereocenters. The van der Waals surface area contributed by atoms with Gasteiger partial charge in [0.05, 0.1) is 11.3 Å². The Morgan fingerprint density at radius 2 is 2.07 bits per heavy atom. The molecule has 5 nitrogen and oxygen atoms in total. The zero-order valence-electron chi connectivity index (χ0n) is 8.93. The zero-order chi connectivity index (χ0) is 11.0. The average Bonchev–Trinajstić information content (AvgIpc) is 2.69. The molecule has 0 fully saturated rings. The highest BCUT2D eigenvalue weighted by Crippen LogP contribution is 2.13. The molecule has 0 bridgehead atoms. The van der Waals surface area contributed by atoms with Crippen molar-refractivity contribution in [3.63, 3.8) is 0 Å². The SMILES string of the molecule is Cc1cn(-c2nn(C)cc2C=O)c(C)n1. The van der Waals surface area contributed by atoms with Crippen molar-refractivity contribution < 1.29 is 4.79 Å². The van der Waals surface area contributed by atoms with Gasteiger partial charge >= 0.3 is 0 Å². The Balaban J connectivity index is 2.62. The molecular weight excluding hydrogens is 192 g/mol. The zero-order valence-corrected chi connectivity index (χ0v) is 8.93. The molecule has 0 aliphatic carbocycles. The minimum atomic E-state index is 0.568. The predicted octanol–water partition coefficient (Wildman–Crippen LogP) is 1.04. The molecule has 78 valence electrons. The van der Waals surface area contributed by atoms with Crippen LogP contribution in [0.2, 0.25) is 0 Å². The van der Waals surface area contributed by atoms with Gasteiger partial charge in [-0.2, -0.15) is 5.10 Å². The third kappa shape index (κ3) is 1.56. The quantitative estimate of drug-likeness (QED) is 0.687. The number of rotatable bonds is 2. The summed E-state index contributed by atoms with van der Waals surface area (Å²) in [6, 6.07) is 0. The number of carbonyl (C=O) groups excluding carboxylic acids is 1. The van der Waals surface area contributed by atoms with E-state index in [-0.39, 0.29) is 0 Å². The van der Waals surface area contributed by atoms with Crippen LogP contribution in [0.3, 0.4) is 0 Å². The minimum absolute atomic E-state index is 0.568. The van der Waals surface area contributed by atoms with Gasteiger partial charge in [0.15, 0.2) is 12.1 Å². The number of aldehydes is 1. The lowest BCUT2D eigenvalue weighted by atomic mass is 10.3. The highest BCUT2D eigenvalue weighted by Gasteiger charge is 2.11. The summed E-state index contributed by atoms with van der Waals surface area (Å²) < 4.78 is 3.44. The van der Waals surface area contributed by atoms with Gasteiger partial charge in [-0.3, -0.25) is 14.0 Å². The molecule has 0 amide bonds. The van der Waals surface area contributed by atoms with E-state index in [1.807, 2.05) is 24.6 Å². The van der Waals surface area contributed by atoms with Crippen molar-refractivity contribution in [3.8, 4) is 5.82 Å². The van der Waals surface area contributed by atoms with Gasteiger partial charge in [0.25, 0.3) is 0 Å². The van der Waals surface area contributed by atoms with Crippen molar-refractivity contribution >= 4 is 6.29 Å². The molecule has 0 radical (unpaired) electrons. The van der Waals surface area contributed by atoms with E-state index in [1.54, 1.807) is 17.9 Å². The molecule has 0 aliphatic heterocycles. The lowest BCUT2D eigenvalue weighted by molar-refractivity contribution is 0.112. The molecule has 15 heavy (non-hydrogen) atoms. The molecule has 2 aromatic heterocycles. The van der Waals surface area contributed by atoms with E-state index in [0.29, 0.717) is 11.4 Å². The van der Waals surface area contributed by atoms with Gasteiger partial charge in [-0.15, -0.1) is 0 Å². The fraction of sp³-hybridized carbons (Fsp3) is 0.300. The first-order valence-corrected chi connectivity index (χ1v) is 4.63. The van der Waals surface area contributed by atoms with Crippen LogP contribution in [0.15, 0.2) is 12.4 Å². The number of hydrogen-bond donors (Lipinski definition) is 0. The van der Waals surface area contributed by atoms with E-state index < -0.39 is 0 Å². The smallest absolute Gasteiger partial charge is 0.170 e. The number of hydrogen-bond acceptors (Lipinski definition) is 3. The van der Waals surface area contributed by atoms with Crippen LogP contribution in [-0.4, -0.2) is 25.6 Å². The number of imidazole rings is 1. The standard InChI is InChI=1S/C10H12N4O/c1-7-4-14(8(2)11-7)10-9(6-15)5-13(3)12-10/h4-6H,1-3H3. The van der Waals surface area contributed by atoms with Crippen molar-refractivity contribution in [2.75, 3.05) is 0 Å². The van der Waals surface area contributed by atoms with E-state index in [1.165, 1.54) is 0 Å². The summed E-state index contributed by atoms with van der Waals surface area (Å²) in [6.07, 6.45) is 4.36. The van der Waals surface area contributed by atoms with E-state index in [0.717, 1.165) is 17.8 Å². The molecule has 0 saturated heterocycles. The first-order valence-electron chi connectivity index (χ1n) is 4.63. The van der Waals surface area contributed by atoms with Crippen molar-refractivity contribution in [2.45, 2.75) is 13.8 Å². The van der Waals surface area contributed by atoms with Crippen LogP contribution in [0.4, 0.5) is 0 Å². The predicted molar refractivity (Wildman–Crippen MR) is 55.2 cm³/mol. The van der Waals surface area contributed by atoms with Gasteiger partial charge in [0, 0.05) is 19.4 Å². The number of aryl methyl sites for hydroxylation is 3. The Morgan fingerprint density at radius 1 is 1.33 bits per heavy atom. The Labute approximate surface area is 87.4 Å². The molecule has 0 saturated carbocycles. The molecule has 2 aromatic rings. The van der Waals surface area contributed by atoms with E-state index in [2.05, 4.69) is 10.1 Å². The summed E-state index contributed by atoms with van der Waals surface area (Å²) >= 11 is 0. The van der Waals surface area contributed by atoms with E-state index in [4.69, 9.17) is 0 Å². The van der Waals surface area contributed by atoms with Gasteiger partial charge in [-0.25, -0.2) is 4.98 Å². The van der Waals surface area contributed by atoms with Crippen LogP contribution in [0.5, 0.6) is 0 Å². The summed E-state index contributed by atoms with van der Waals surface area (Å²) in [4.78, 5) is 15.1. The highest BCUT2D eigenvalue weighted by atomic mass is 16.1. The maximum absolute atomic E-state index is 10.8. The second kappa shape index (κ2) is 3.34. The normalized spacial score (nSPS) is 10.6. The van der Waals surface area contributed by atoms with Gasteiger partial charge in [0.2, 0.25) is 0 Å². The first kappa shape index (κ1) is 9.64. The maximum atomic E-state index is 10.8. The molecule has 0 N–H and O–H groups in total. The molecule has 0 unspecified atom stereocenters. The summed E-state index contributed by atoms with van der Waals surface area (Å²) in [7, 11) is 1.79. The molecule has 5 heteroatoms. The van der Waals surface area contributed by atoms with Crippen molar-refractivity contribution in [1.82, 2.24) is 19.3 Å².